The number of rotatable bonds is 7. The molecule has 20 heavy (non-hydrogen) atoms. The van der Waals surface area contributed by atoms with Gasteiger partial charge in [-0.3, -0.25) is 9.59 Å². The maximum absolute atomic E-state index is 12.0. The number of para-hydroxylation sites is 1. The number of hydrogen-bond donors (Lipinski definition) is 1. The van der Waals surface area contributed by atoms with Crippen molar-refractivity contribution < 1.29 is 14.3 Å². The number of carbonyl (C=O) groups excluding carboxylic acids is 2. The van der Waals surface area contributed by atoms with Crippen LogP contribution in [-0.4, -0.2) is 43.0 Å². The minimum absolute atomic E-state index is 0.0368. The van der Waals surface area contributed by atoms with Crippen LogP contribution in [0.5, 0.6) is 5.75 Å². The molecule has 0 aliphatic heterocycles. The van der Waals surface area contributed by atoms with E-state index in [0.717, 1.165) is 0 Å². The molecule has 2 amide bonds. The second-order valence-electron chi connectivity index (χ2n) is 4.08. The summed E-state index contributed by atoms with van der Waals surface area (Å²) in [6, 6.07) is 6.94. The summed E-state index contributed by atoms with van der Waals surface area (Å²) in [5.74, 6) is 0.0238. The van der Waals surface area contributed by atoms with E-state index in [1.165, 1.54) is 4.90 Å². The Morgan fingerprint density at radius 3 is 2.60 bits per heavy atom. The fraction of sp³-hybridized carbons (Fsp3) is 0.429. The molecular formula is C14H19ClN2O3. The minimum atomic E-state index is -0.251. The third kappa shape index (κ3) is 5.09. The van der Waals surface area contributed by atoms with Crippen molar-refractivity contribution in [1.29, 1.82) is 0 Å². The SMILES string of the molecule is CCNC(=O)CN(CC)C(=O)COc1ccccc1Cl. The minimum Gasteiger partial charge on any atom is -0.482 e. The van der Waals surface area contributed by atoms with Gasteiger partial charge in [0.25, 0.3) is 5.91 Å². The number of benzene rings is 1. The lowest BCUT2D eigenvalue weighted by molar-refractivity contribution is -0.137. The molecule has 1 aromatic rings. The van der Waals surface area contributed by atoms with Crippen LogP contribution >= 0.6 is 11.6 Å². The lowest BCUT2D eigenvalue weighted by atomic mass is 10.3. The summed E-state index contributed by atoms with van der Waals surface area (Å²) >= 11 is 5.93. The van der Waals surface area contributed by atoms with Gasteiger partial charge >= 0.3 is 0 Å². The molecule has 0 aromatic heterocycles. The highest BCUT2D eigenvalue weighted by atomic mass is 35.5. The molecule has 0 spiro atoms. The molecule has 1 rings (SSSR count). The van der Waals surface area contributed by atoms with Crippen LogP contribution in [0.2, 0.25) is 5.02 Å². The monoisotopic (exact) mass is 298 g/mol. The van der Waals surface area contributed by atoms with E-state index in [-0.39, 0.29) is 25.0 Å². The van der Waals surface area contributed by atoms with Crippen molar-refractivity contribution in [3.63, 3.8) is 0 Å². The van der Waals surface area contributed by atoms with Crippen LogP contribution in [0, 0.1) is 0 Å². The summed E-state index contributed by atoms with van der Waals surface area (Å²) in [5, 5.41) is 3.10. The summed E-state index contributed by atoms with van der Waals surface area (Å²) in [5.41, 5.74) is 0. The van der Waals surface area contributed by atoms with Gasteiger partial charge in [0.1, 0.15) is 5.75 Å². The van der Waals surface area contributed by atoms with E-state index >= 15 is 0 Å². The summed E-state index contributed by atoms with van der Waals surface area (Å²) in [7, 11) is 0. The third-order valence-electron chi connectivity index (χ3n) is 2.63. The normalized spacial score (nSPS) is 9.95. The summed E-state index contributed by atoms with van der Waals surface area (Å²) in [6.07, 6.45) is 0. The van der Waals surface area contributed by atoms with Crippen molar-refractivity contribution in [3.8, 4) is 5.75 Å². The number of nitrogens with zero attached hydrogens (tertiary/aromatic N) is 1. The van der Waals surface area contributed by atoms with E-state index in [4.69, 9.17) is 16.3 Å². The first-order valence-electron chi connectivity index (χ1n) is 6.50. The Bertz CT molecular complexity index is 465. The second kappa shape index (κ2) is 8.43. The van der Waals surface area contributed by atoms with Crippen molar-refractivity contribution >= 4 is 23.4 Å². The molecule has 0 atom stereocenters. The van der Waals surface area contributed by atoms with Crippen molar-refractivity contribution in [2.45, 2.75) is 13.8 Å². The lowest BCUT2D eigenvalue weighted by Gasteiger charge is -2.20. The maximum atomic E-state index is 12.0. The van der Waals surface area contributed by atoms with Crippen LogP contribution in [0.15, 0.2) is 24.3 Å². The van der Waals surface area contributed by atoms with Gasteiger partial charge in [-0.1, -0.05) is 23.7 Å². The van der Waals surface area contributed by atoms with Gasteiger partial charge in [-0.25, -0.2) is 0 Å². The van der Waals surface area contributed by atoms with Gasteiger partial charge in [-0.2, -0.15) is 0 Å². The number of nitrogens with one attached hydrogen (secondary N) is 1. The number of halogens is 1. The van der Waals surface area contributed by atoms with Gasteiger partial charge in [-0.05, 0) is 26.0 Å². The van der Waals surface area contributed by atoms with Crippen LogP contribution in [0.1, 0.15) is 13.8 Å². The molecule has 0 aliphatic carbocycles. The zero-order chi connectivity index (χ0) is 15.0. The average Bonchev–Trinajstić information content (AvgIpc) is 2.44. The summed E-state index contributed by atoms with van der Waals surface area (Å²) < 4.78 is 5.37. The molecular weight excluding hydrogens is 280 g/mol. The molecule has 0 bridgehead atoms. The van der Waals surface area contributed by atoms with Crippen LogP contribution in [0.3, 0.4) is 0 Å². The van der Waals surface area contributed by atoms with Crippen LogP contribution in [0.25, 0.3) is 0 Å². The molecule has 0 saturated carbocycles. The fourth-order valence-corrected chi connectivity index (χ4v) is 1.79. The molecule has 0 heterocycles. The first-order chi connectivity index (χ1) is 9.58. The predicted molar refractivity (Wildman–Crippen MR) is 77.9 cm³/mol. The number of hydrogen-bond acceptors (Lipinski definition) is 3. The highest BCUT2D eigenvalue weighted by Crippen LogP contribution is 2.22. The van der Waals surface area contributed by atoms with Crippen molar-refractivity contribution in [1.82, 2.24) is 10.2 Å². The Morgan fingerprint density at radius 2 is 2.00 bits per heavy atom. The van der Waals surface area contributed by atoms with Gasteiger partial charge in [0.15, 0.2) is 6.61 Å². The topological polar surface area (TPSA) is 58.6 Å². The number of amides is 2. The first-order valence-corrected chi connectivity index (χ1v) is 6.88. The molecule has 0 saturated heterocycles. The van der Waals surface area contributed by atoms with Crippen LogP contribution in [-0.2, 0) is 9.59 Å². The van der Waals surface area contributed by atoms with Gasteiger partial charge in [-0.15, -0.1) is 0 Å². The van der Waals surface area contributed by atoms with E-state index in [1.807, 2.05) is 13.8 Å². The zero-order valence-electron chi connectivity index (χ0n) is 11.7. The quantitative estimate of drug-likeness (QED) is 0.833. The summed E-state index contributed by atoms with van der Waals surface area (Å²) in [6.45, 7) is 4.53. The van der Waals surface area contributed by atoms with E-state index in [1.54, 1.807) is 24.3 Å². The Balaban J connectivity index is 2.51. The molecule has 6 heteroatoms. The average molecular weight is 299 g/mol. The van der Waals surface area contributed by atoms with Crippen LogP contribution in [0.4, 0.5) is 0 Å². The number of likely N-dealkylation sites (N-methyl/N-ethyl adjacent to an activating group) is 2. The smallest absolute Gasteiger partial charge is 0.260 e. The Hall–Kier alpha value is -1.75. The third-order valence-corrected chi connectivity index (χ3v) is 2.94. The lowest BCUT2D eigenvalue weighted by Crippen LogP contribution is -2.42. The van der Waals surface area contributed by atoms with Gasteiger partial charge in [0.05, 0.1) is 11.6 Å². The molecule has 110 valence electrons. The number of carbonyl (C=O) groups is 2. The van der Waals surface area contributed by atoms with Gasteiger partial charge in [0, 0.05) is 13.1 Å². The second-order valence-corrected chi connectivity index (χ2v) is 4.49. The zero-order valence-corrected chi connectivity index (χ0v) is 12.4. The Morgan fingerprint density at radius 1 is 1.30 bits per heavy atom. The molecule has 0 fully saturated rings. The van der Waals surface area contributed by atoms with E-state index in [9.17, 15) is 9.59 Å². The van der Waals surface area contributed by atoms with E-state index < -0.39 is 0 Å². The highest BCUT2D eigenvalue weighted by molar-refractivity contribution is 6.32. The highest BCUT2D eigenvalue weighted by Gasteiger charge is 2.16. The van der Waals surface area contributed by atoms with E-state index in [2.05, 4.69) is 5.32 Å². The standard InChI is InChI=1S/C14H19ClN2O3/c1-3-16-13(18)9-17(4-2)14(19)10-20-12-8-6-5-7-11(12)15/h5-8H,3-4,9-10H2,1-2H3,(H,16,18). The Labute approximate surface area is 123 Å². The first kappa shape index (κ1) is 16.3. The van der Waals surface area contributed by atoms with Crippen LogP contribution < -0.4 is 10.1 Å². The number of ether oxygens (including phenoxy) is 1. The molecule has 0 aliphatic rings. The van der Waals surface area contributed by atoms with Crippen molar-refractivity contribution in [2.24, 2.45) is 0 Å². The molecule has 1 N–H and O–H groups in total. The molecule has 0 unspecified atom stereocenters. The largest absolute Gasteiger partial charge is 0.482 e. The van der Waals surface area contributed by atoms with Gasteiger partial charge < -0.3 is 15.0 Å². The maximum Gasteiger partial charge on any atom is 0.260 e. The predicted octanol–water partition coefficient (Wildman–Crippen LogP) is 1.70. The Kier molecular flexibility index (Phi) is 6.87. The van der Waals surface area contributed by atoms with Crippen molar-refractivity contribution in [2.75, 3.05) is 26.2 Å². The molecule has 5 nitrogen and oxygen atoms in total. The van der Waals surface area contributed by atoms with Crippen molar-refractivity contribution in [3.05, 3.63) is 29.3 Å². The molecule has 0 radical (unpaired) electrons. The van der Waals surface area contributed by atoms with Gasteiger partial charge in [0.2, 0.25) is 5.91 Å². The van der Waals surface area contributed by atoms with E-state index in [0.29, 0.717) is 23.9 Å². The molecule has 1 aromatic carbocycles. The fourth-order valence-electron chi connectivity index (χ4n) is 1.60. The summed E-state index contributed by atoms with van der Waals surface area (Å²) in [4.78, 5) is 24.9.